The number of nitrogens with one attached hydrogen (secondary N) is 1. The molecule has 0 aliphatic rings. The molecule has 5 heteroatoms. The standard InChI is InChI=1S/C14H26ClN3O/c1-4-6-7-13(16-8-5-2)14-12(15)11-17-18(14)9-10-19-3/h11,13,16H,4-10H2,1-3H3. The number of nitrogens with zero attached hydrogens (tertiary/aromatic N) is 2. The molecule has 0 saturated carbocycles. The van der Waals surface area contributed by atoms with Gasteiger partial charge in [-0.2, -0.15) is 5.10 Å². The summed E-state index contributed by atoms with van der Waals surface area (Å²) >= 11 is 6.31. The number of methoxy groups -OCH3 is 1. The van der Waals surface area contributed by atoms with E-state index in [0.717, 1.165) is 36.6 Å². The van der Waals surface area contributed by atoms with Crippen LogP contribution < -0.4 is 5.32 Å². The van der Waals surface area contributed by atoms with Gasteiger partial charge in [0.2, 0.25) is 0 Å². The number of unbranched alkanes of at least 4 members (excludes halogenated alkanes) is 1. The summed E-state index contributed by atoms with van der Waals surface area (Å²) in [6, 6.07) is 0.284. The van der Waals surface area contributed by atoms with Gasteiger partial charge >= 0.3 is 0 Å². The Labute approximate surface area is 121 Å². The van der Waals surface area contributed by atoms with Gasteiger partial charge in [-0.05, 0) is 19.4 Å². The lowest BCUT2D eigenvalue weighted by molar-refractivity contribution is 0.181. The summed E-state index contributed by atoms with van der Waals surface area (Å²) in [5.41, 5.74) is 1.10. The van der Waals surface area contributed by atoms with E-state index in [1.165, 1.54) is 12.8 Å². The van der Waals surface area contributed by atoms with Crippen LogP contribution in [0.2, 0.25) is 5.02 Å². The Balaban J connectivity index is 2.82. The molecule has 0 fully saturated rings. The molecule has 110 valence electrons. The molecule has 0 aliphatic carbocycles. The number of hydrogen-bond acceptors (Lipinski definition) is 3. The van der Waals surface area contributed by atoms with Gasteiger partial charge in [0.15, 0.2) is 0 Å². The molecule has 1 unspecified atom stereocenters. The van der Waals surface area contributed by atoms with Gasteiger partial charge < -0.3 is 10.1 Å². The van der Waals surface area contributed by atoms with Crippen molar-refractivity contribution in [3.8, 4) is 0 Å². The Morgan fingerprint density at radius 2 is 2.21 bits per heavy atom. The third-order valence-corrected chi connectivity index (χ3v) is 3.45. The van der Waals surface area contributed by atoms with Crippen molar-refractivity contribution in [3.63, 3.8) is 0 Å². The molecular weight excluding hydrogens is 262 g/mol. The second-order valence-electron chi connectivity index (χ2n) is 4.74. The van der Waals surface area contributed by atoms with Crippen LogP contribution in [-0.4, -0.2) is 30.0 Å². The van der Waals surface area contributed by atoms with Gasteiger partial charge in [-0.1, -0.05) is 38.3 Å². The van der Waals surface area contributed by atoms with Crippen molar-refractivity contribution < 1.29 is 4.74 Å². The van der Waals surface area contributed by atoms with E-state index in [0.29, 0.717) is 6.61 Å². The summed E-state index contributed by atoms with van der Waals surface area (Å²) in [6.07, 6.45) is 6.32. The zero-order valence-corrected chi connectivity index (χ0v) is 13.0. The van der Waals surface area contributed by atoms with E-state index >= 15 is 0 Å². The van der Waals surface area contributed by atoms with E-state index in [2.05, 4.69) is 24.3 Å². The average Bonchev–Trinajstić information content (AvgIpc) is 2.78. The minimum absolute atomic E-state index is 0.284. The smallest absolute Gasteiger partial charge is 0.0834 e. The largest absolute Gasteiger partial charge is 0.383 e. The first-order valence-electron chi connectivity index (χ1n) is 7.18. The number of rotatable bonds is 10. The summed E-state index contributed by atoms with van der Waals surface area (Å²) < 4.78 is 7.09. The Bertz CT molecular complexity index is 346. The van der Waals surface area contributed by atoms with Gasteiger partial charge in [-0.15, -0.1) is 0 Å². The second-order valence-corrected chi connectivity index (χ2v) is 5.15. The molecule has 0 aliphatic heterocycles. The third-order valence-electron chi connectivity index (χ3n) is 3.16. The summed E-state index contributed by atoms with van der Waals surface area (Å²) in [5.74, 6) is 0. The predicted octanol–water partition coefficient (Wildman–Crippen LogP) is 3.41. The maximum absolute atomic E-state index is 6.31. The van der Waals surface area contributed by atoms with Crippen LogP contribution in [0, 0.1) is 0 Å². The molecule has 19 heavy (non-hydrogen) atoms. The van der Waals surface area contributed by atoms with Crippen LogP contribution in [0.4, 0.5) is 0 Å². The van der Waals surface area contributed by atoms with Crippen LogP contribution in [0.1, 0.15) is 51.3 Å². The third kappa shape index (κ3) is 5.13. The molecule has 0 saturated heterocycles. The highest BCUT2D eigenvalue weighted by atomic mass is 35.5. The highest BCUT2D eigenvalue weighted by molar-refractivity contribution is 6.31. The molecule has 1 aromatic heterocycles. The molecule has 0 spiro atoms. The van der Waals surface area contributed by atoms with Crippen molar-refractivity contribution in [2.24, 2.45) is 0 Å². The predicted molar refractivity (Wildman–Crippen MR) is 79.7 cm³/mol. The Morgan fingerprint density at radius 3 is 2.84 bits per heavy atom. The Morgan fingerprint density at radius 1 is 1.42 bits per heavy atom. The molecule has 0 amide bonds. The van der Waals surface area contributed by atoms with Crippen molar-refractivity contribution in [2.45, 2.75) is 52.1 Å². The van der Waals surface area contributed by atoms with Crippen LogP contribution in [0.3, 0.4) is 0 Å². The van der Waals surface area contributed by atoms with Crippen LogP contribution in [-0.2, 0) is 11.3 Å². The van der Waals surface area contributed by atoms with E-state index in [9.17, 15) is 0 Å². The summed E-state index contributed by atoms with van der Waals surface area (Å²) in [7, 11) is 1.70. The molecule has 1 heterocycles. The van der Waals surface area contributed by atoms with Crippen LogP contribution >= 0.6 is 11.6 Å². The van der Waals surface area contributed by atoms with Crippen molar-refractivity contribution >= 4 is 11.6 Å². The van der Waals surface area contributed by atoms with Crippen molar-refractivity contribution in [1.82, 2.24) is 15.1 Å². The average molecular weight is 288 g/mol. The second kappa shape index (κ2) is 9.34. The van der Waals surface area contributed by atoms with E-state index in [4.69, 9.17) is 16.3 Å². The van der Waals surface area contributed by atoms with E-state index in [1.807, 2.05) is 4.68 Å². The summed E-state index contributed by atoms with van der Waals surface area (Å²) in [4.78, 5) is 0. The van der Waals surface area contributed by atoms with E-state index in [1.54, 1.807) is 13.3 Å². The van der Waals surface area contributed by atoms with Crippen LogP contribution in [0.5, 0.6) is 0 Å². The van der Waals surface area contributed by atoms with Crippen molar-refractivity contribution in [1.29, 1.82) is 0 Å². The van der Waals surface area contributed by atoms with Gasteiger partial charge in [0.25, 0.3) is 0 Å². The van der Waals surface area contributed by atoms with E-state index < -0.39 is 0 Å². The maximum Gasteiger partial charge on any atom is 0.0834 e. The molecule has 0 aromatic carbocycles. The SMILES string of the molecule is CCCCC(NCCC)c1c(Cl)cnn1CCOC. The number of aromatic nitrogens is 2. The van der Waals surface area contributed by atoms with E-state index in [-0.39, 0.29) is 6.04 Å². The lowest BCUT2D eigenvalue weighted by Gasteiger charge is -2.20. The first kappa shape index (κ1) is 16.5. The minimum atomic E-state index is 0.284. The number of halogens is 1. The topological polar surface area (TPSA) is 39.1 Å². The first-order chi connectivity index (χ1) is 9.24. The molecule has 1 atom stereocenters. The number of ether oxygens (including phenoxy) is 1. The van der Waals surface area contributed by atoms with Gasteiger partial charge in [0, 0.05) is 7.11 Å². The van der Waals surface area contributed by atoms with Gasteiger partial charge in [0.05, 0.1) is 36.1 Å². The van der Waals surface area contributed by atoms with Gasteiger partial charge in [-0.25, -0.2) is 0 Å². The molecule has 0 bridgehead atoms. The highest BCUT2D eigenvalue weighted by Gasteiger charge is 2.19. The lowest BCUT2D eigenvalue weighted by Crippen LogP contribution is -2.26. The highest BCUT2D eigenvalue weighted by Crippen LogP contribution is 2.26. The molecule has 4 nitrogen and oxygen atoms in total. The molecule has 1 aromatic rings. The van der Waals surface area contributed by atoms with Crippen LogP contribution in [0.15, 0.2) is 6.20 Å². The molecule has 1 rings (SSSR count). The Hall–Kier alpha value is -0.580. The fraction of sp³-hybridized carbons (Fsp3) is 0.786. The quantitative estimate of drug-likeness (QED) is 0.717. The zero-order valence-electron chi connectivity index (χ0n) is 12.3. The zero-order chi connectivity index (χ0) is 14.1. The van der Waals surface area contributed by atoms with Crippen LogP contribution in [0.25, 0.3) is 0 Å². The molecule has 1 N–H and O–H groups in total. The lowest BCUT2D eigenvalue weighted by atomic mass is 10.1. The normalized spacial score (nSPS) is 12.8. The fourth-order valence-corrected chi connectivity index (χ4v) is 2.41. The molecular formula is C14H26ClN3O. The fourth-order valence-electron chi connectivity index (χ4n) is 2.14. The molecule has 0 radical (unpaired) electrons. The summed E-state index contributed by atoms with van der Waals surface area (Å²) in [6.45, 7) is 6.78. The van der Waals surface area contributed by atoms with Crippen molar-refractivity contribution in [2.75, 3.05) is 20.3 Å². The number of hydrogen-bond donors (Lipinski definition) is 1. The summed E-state index contributed by atoms with van der Waals surface area (Å²) in [5, 5.41) is 8.68. The van der Waals surface area contributed by atoms with Gasteiger partial charge in [0.1, 0.15) is 0 Å². The first-order valence-corrected chi connectivity index (χ1v) is 7.55. The van der Waals surface area contributed by atoms with Gasteiger partial charge in [-0.3, -0.25) is 4.68 Å². The monoisotopic (exact) mass is 287 g/mol. The maximum atomic E-state index is 6.31. The minimum Gasteiger partial charge on any atom is -0.383 e. The van der Waals surface area contributed by atoms with Crippen molar-refractivity contribution in [3.05, 3.63) is 16.9 Å². The Kier molecular flexibility index (Phi) is 8.10.